The van der Waals surface area contributed by atoms with Gasteiger partial charge in [-0.25, -0.2) is 4.39 Å². The van der Waals surface area contributed by atoms with Gasteiger partial charge in [0.15, 0.2) is 0 Å². The first-order chi connectivity index (χ1) is 9.56. The smallest absolute Gasteiger partial charge is 0.141 e. The number of hydrogen-bond donors (Lipinski definition) is 1. The van der Waals surface area contributed by atoms with Gasteiger partial charge in [-0.2, -0.15) is 5.10 Å². The molecule has 2 aromatic rings. The van der Waals surface area contributed by atoms with Gasteiger partial charge in [0.1, 0.15) is 11.9 Å². The van der Waals surface area contributed by atoms with Crippen molar-refractivity contribution in [3.8, 4) is 0 Å². The van der Waals surface area contributed by atoms with Gasteiger partial charge in [-0.05, 0) is 25.5 Å². The molecule has 6 heteroatoms. The lowest BCUT2D eigenvalue weighted by Crippen LogP contribution is -2.10. The minimum Gasteiger partial charge on any atom is -0.386 e. The molecule has 2 aromatic heterocycles. The summed E-state index contributed by atoms with van der Waals surface area (Å²) >= 11 is 6.29. The summed E-state index contributed by atoms with van der Waals surface area (Å²) in [6, 6.07) is 2.75. The van der Waals surface area contributed by atoms with Crippen LogP contribution in [-0.2, 0) is 19.4 Å². The van der Waals surface area contributed by atoms with Gasteiger partial charge in [-0.15, -0.1) is 0 Å². The quantitative estimate of drug-likeness (QED) is 0.923. The predicted molar refractivity (Wildman–Crippen MR) is 75.1 cm³/mol. The molecule has 0 saturated heterocycles. The zero-order valence-electron chi connectivity index (χ0n) is 11.5. The van der Waals surface area contributed by atoms with Crippen LogP contribution in [0.15, 0.2) is 18.3 Å². The standard InChI is InChI=1S/C14H17ClFN3O/c1-3-10-14(15)12(19(4-2)18-10)7-13(20)11-6-5-9(16)8-17-11/h5-6,8,13,20H,3-4,7H2,1-2H3. The minimum atomic E-state index is -0.834. The van der Waals surface area contributed by atoms with Crippen molar-refractivity contribution in [3.05, 3.63) is 46.3 Å². The second-order valence-corrected chi connectivity index (χ2v) is 4.88. The van der Waals surface area contributed by atoms with Crippen molar-refractivity contribution >= 4 is 11.6 Å². The molecule has 2 rings (SSSR count). The molecule has 0 saturated carbocycles. The minimum absolute atomic E-state index is 0.304. The lowest BCUT2D eigenvalue weighted by molar-refractivity contribution is 0.170. The Bertz CT molecular complexity index is 583. The molecule has 0 spiro atoms. The summed E-state index contributed by atoms with van der Waals surface area (Å²) < 4.78 is 14.6. The average molecular weight is 298 g/mol. The largest absolute Gasteiger partial charge is 0.386 e. The molecule has 0 aliphatic carbocycles. The van der Waals surface area contributed by atoms with E-state index in [0.717, 1.165) is 24.0 Å². The van der Waals surface area contributed by atoms with Gasteiger partial charge in [0, 0.05) is 13.0 Å². The zero-order valence-corrected chi connectivity index (χ0v) is 12.2. The predicted octanol–water partition coefficient (Wildman–Crippen LogP) is 2.93. The van der Waals surface area contributed by atoms with E-state index in [1.807, 2.05) is 13.8 Å². The molecular weight excluding hydrogens is 281 g/mol. The Labute approximate surface area is 122 Å². The van der Waals surface area contributed by atoms with Gasteiger partial charge < -0.3 is 5.11 Å². The maximum atomic E-state index is 12.8. The summed E-state index contributed by atoms with van der Waals surface area (Å²) in [4.78, 5) is 3.89. The first-order valence-electron chi connectivity index (χ1n) is 6.60. The van der Waals surface area contributed by atoms with Crippen LogP contribution >= 0.6 is 11.6 Å². The molecule has 2 heterocycles. The highest BCUT2D eigenvalue weighted by Crippen LogP contribution is 2.26. The summed E-state index contributed by atoms with van der Waals surface area (Å²) in [5, 5.41) is 15.2. The fourth-order valence-corrected chi connectivity index (χ4v) is 2.43. The van der Waals surface area contributed by atoms with Crippen LogP contribution in [-0.4, -0.2) is 19.9 Å². The van der Waals surface area contributed by atoms with E-state index >= 15 is 0 Å². The summed E-state index contributed by atoms with van der Waals surface area (Å²) in [5.74, 6) is -0.425. The third-order valence-corrected chi connectivity index (χ3v) is 3.61. The normalized spacial score (nSPS) is 12.7. The van der Waals surface area contributed by atoms with Crippen LogP contribution in [0, 0.1) is 5.82 Å². The molecule has 0 fully saturated rings. The molecule has 4 nitrogen and oxygen atoms in total. The summed E-state index contributed by atoms with van der Waals surface area (Å²) in [6.45, 7) is 4.63. The van der Waals surface area contributed by atoms with E-state index in [1.54, 1.807) is 4.68 Å². The number of hydrogen-bond acceptors (Lipinski definition) is 3. The van der Waals surface area contributed by atoms with Crippen LogP contribution < -0.4 is 0 Å². The van der Waals surface area contributed by atoms with E-state index < -0.39 is 11.9 Å². The van der Waals surface area contributed by atoms with Crippen molar-refractivity contribution in [3.63, 3.8) is 0 Å². The van der Waals surface area contributed by atoms with Crippen molar-refractivity contribution < 1.29 is 9.50 Å². The van der Waals surface area contributed by atoms with Crippen molar-refractivity contribution in [1.82, 2.24) is 14.8 Å². The lowest BCUT2D eigenvalue weighted by Gasteiger charge is -2.11. The summed E-state index contributed by atoms with van der Waals surface area (Å²) in [6.07, 6.45) is 1.30. The molecule has 0 bridgehead atoms. The zero-order chi connectivity index (χ0) is 14.7. The summed E-state index contributed by atoms with van der Waals surface area (Å²) in [7, 11) is 0. The molecule has 0 aliphatic heterocycles. The summed E-state index contributed by atoms with van der Waals surface area (Å²) in [5.41, 5.74) is 2.02. The van der Waals surface area contributed by atoms with Crippen LogP contribution in [0.2, 0.25) is 5.02 Å². The molecule has 1 N–H and O–H groups in total. The van der Waals surface area contributed by atoms with Crippen molar-refractivity contribution in [2.75, 3.05) is 0 Å². The van der Waals surface area contributed by atoms with Crippen LogP contribution in [0.3, 0.4) is 0 Å². The third kappa shape index (κ3) is 2.99. The Morgan fingerprint density at radius 3 is 2.70 bits per heavy atom. The van der Waals surface area contributed by atoms with Crippen LogP contribution in [0.25, 0.3) is 0 Å². The number of halogens is 2. The molecule has 108 valence electrons. The molecule has 0 radical (unpaired) electrons. The molecule has 1 atom stereocenters. The van der Waals surface area contributed by atoms with Crippen molar-refractivity contribution in [2.45, 2.75) is 39.3 Å². The SMILES string of the molecule is CCc1nn(CC)c(CC(O)c2ccc(F)cn2)c1Cl. The van der Waals surface area contributed by atoms with Gasteiger partial charge >= 0.3 is 0 Å². The van der Waals surface area contributed by atoms with E-state index in [1.165, 1.54) is 12.1 Å². The third-order valence-electron chi connectivity index (χ3n) is 3.17. The number of nitrogens with zero attached hydrogens (tertiary/aromatic N) is 3. The number of aromatic nitrogens is 3. The van der Waals surface area contributed by atoms with Gasteiger partial charge in [-0.3, -0.25) is 9.67 Å². The number of pyridine rings is 1. The first kappa shape index (κ1) is 14.9. The second kappa shape index (κ2) is 6.33. The van der Waals surface area contributed by atoms with Gasteiger partial charge in [-0.1, -0.05) is 18.5 Å². The highest BCUT2D eigenvalue weighted by Gasteiger charge is 2.19. The van der Waals surface area contributed by atoms with Crippen LogP contribution in [0.1, 0.15) is 37.0 Å². The van der Waals surface area contributed by atoms with Crippen molar-refractivity contribution in [1.29, 1.82) is 0 Å². The van der Waals surface area contributed by atoms with Gasteiger partial charge in [0.2, 0.25) is 0 Å². The van der Waals surface area contributed by atoms with Gasteiger partial charge in [0.25, 0.3) is 0 Å². The molecule has 1 unspecified atom stereocenters. The molecule has 0 amide bonds. The van der Waals surface area contributed by atoms with Crippen LogP contribution in [0.5, 0.6) is 0 Å². The molecular formula is C14H17ClFN3O. The molecule has 0 aromatic carbocycles. The fraction of sp³-hybridized carbons (Fsp3) is 0.429. The maximum absolute atomic E-state index is 12.8. The van der Waals surface area contributed by atoms with E-state index in [-0.39, 0.29) is 0 Å². The van der Waals surface area contributed by atoms with Crippen molar-refractivity contribution in [2.24, 2.45) is 0 Å². The second-order valence-electron chi connectivity index (χ2n) is 4.50. The number of aliphatic hydroxyl groups excluding tert-OH is 1. The van der Waals surface area contributed by atoms with Crippen LogP contribution in [0.4, 0.5) is 4.39 Å². The molecule has 20 heavy (non-hydrogen) atoms. The number of aryl methyl sites for hydroxylation is 2. The fourth-order valence-electron chi connectivity index (χ4n) is 2.08. The number of aliphatic hydroxyl groups is 1. The average Bonchev–Trinajstić information content (AvgIpc) is 2.76. The Morgan fingerprint density at radius 1 is 1.40 bits per heavy atom. The number of rotatable bonds is 5. The van der Waals surface area contributed by atoms with E-state index in [9.17, 15) is 9.50 Å². The molecule has 0 aliphatic rings. The monoisotopic (exact) mass is 297 g/mol. The topological polar surface area (TPSA) is 50.9 Å². The van der Waals surface area contributed by atoms with E-state index in [2.05, 4.69) is 10.1 Å². The Hall–Kier alpha value is -1.46. The highest BCUT2D eigenvalue weighted by atomic mass is 35.5. The van der Waals surface area contributed by atoms with E-state index in [4.69, 9.17) is 11.6 Å². The highest BCUT2D eigenvalue weighted by molar-refractivity contribution is 6.31. The van der Waals surface area contributed by atoms with E-state index in [0.29, 0.717) is 23.7 Å². The Balaban J connectivity index is 2.25. The maximum Gasteiger partial charge on any atom is 0.141 e. The Morgan fingerprint density at radius 2 is 2.15 bits per heavy atom. The lowest BCUT2D eigenvalue weighted by atomic mass is 10.1. The first-order valence-corrected chi connectivity index (χ1v) is 6.98. The Kier molecular flexibility index (Phi) is 4.73. The van der Waals surface area contributed by atoms with Gasteiger partial charge in [0.05, 0.1) is 28.3 Å².